The number of benzene rings is 2. The zero-order valence-corrected chi connectivity index (χ0v) is 39.5. The highest BCUT2D eigenvalue weighted by Gasteiger charge is 2.44. The number of carbonyl (C=O) groups is 1. The fourth-order valence-corrected chi connectivity index (χ4v) is 7.87. The van der Waals surface area contributed by atoms with E-state index < -0.39 is 23.1 Å². The minimum absolute atomic E-state index is 0.0905. The second-order valence-electron chi connectivity index (χ2n) is 17.5. The van der Waals surface area contributed by atoms with E-state index >= 15 is 0 Å². The summed E-state index contributed by atoms with van der Waals surface area (Å²) >= 11 is -1.50. The maximum absolute atomic E-state index is 14.3. The molecule has 4 aromatic rings. The number of morpholine rings is 2. The van der Waals surface area contributed by atoms with Crippen LogP contribution < -0.4 is 25.4 Å². The molecule has 4 fully saturated rings. The number of aryl methyl sites for hydroxylation is 2. The van der Waals surface area contributed by atoms with Gasteiger partial charge in [-0.05, 0) is 68.5 Å². The van der Waals surface area contributed by atoms with Crippen molar-refractivity contribution in [3.05, 3.63) is 82.9 Å². The Labute approximate surface area is 389 Å². The van der Waals surface area contributed by atoms with Crippen molar-refractivity contribution in [3.63, 3.8) is 0 Å². The van der Waals surface area contributed by atoms with Gasteiger partial charge in [0.05, 0.1) is 67.6 Å². The van der Waals surface area contributed by atoms with Crippen molar-refractivity contribution in [2.24, 2.45) is 5.41 Å². The first kappa shape index (κ1) is 51.4. The summed E-state index contributed by atoms with van der Waals surface area (Å²) in [5.41, 5.74) is 3.80. The molecule has 4 aliphatic heterocycles. The Morgan fingerprint density at radius 1 is 0.712 bits per heavy atom. The standard InChI is InChI=1S/C25H33FN4O4.C19H23FN4O2.2O2S/c1-15-6-7-21(20(26)8-15)29-22-16(2)23(28-14-27-22)34-19-9-17-11-32-12-18(10-19)30(17)24(31)33-13-25(3,4)5;1-11-3-4-17(16(20)5-11)24-18-12(2)19(22-10-21-18)26-15-6-13-8-25-9-14(7-15)23-13;2*1-3-2/h6-8,14,17-19H,9-13H2,1-5H3,(H,27,28,29);3-5,10,13-15,23H,6-9H2,1-2H3,(H,21,22,24);;. The highest BCUT2D eigenvalue weighted by Crippen LogP contribution is 2.34. The number of hydrogen-bond donors (Lipinski definition) is 3. The molecule has 0 saturated carbocycles. The van der Waals surface area contributed by atoms with Crippen LogP contribution in [-0.2, 0) is 37.4 Å². The van der Waals surface area contributed by atoms with Crippen molar-refractivity contribution >= 4 is 52.2 Å². The summed E-state index contributed by atoms with van der Waals surface area (Å²) in [4.78, 5) is 31.7. The molecule has 6 heterocycles. The van der Waals surface area contributed by atoms with E-state index in [0.29, 0.717) is 85.1 Å². The van der Waals surface area contributed by atoms with Crippen molar-refractivity contribution in [3.8, 4) is 11.8 Å². The normalized spacial score (nSPS) is 21.7. The number of rotatable bonds is 9. The Hall–Kier alpha value is -5.55. The molecule has 0 spiro atoms. The van der Waals surface area contributed by atoms with E-state index in [2.05, 4.69) is 35.9 Å². The molecular formula is C44H56F2N8O10S2. The van der Waals surface area contributed by atoms with E-state index in [1.54, 1.807) is 12.1 Å². The van der Waals surface area contributed by atoms with Crippen molar-refractivity contribution in [1.82, 2.24) is 30.2 Å². The van der Waals surface area contributed by atoms with E-state index in [-0.39, 0.29) is 47.4 Å². The van der Waals surface area contributed by atoms with Crippen LogP contribution >= 0.6 is 0 Å². The Kier molecular flexibility index (Phi) is 18.9. The number of amides is 1. The molecule has 4 unspecified atom stereocenters. The van der Waals surface area contributed by atoms with Crippen LogP contribution in [0.25, 0.3) is 0 Å². The Morgan fingerprint density at radius 3 is 1.56 bits per heavy atom. The average Bonchev–Trinajstić information content (AvgIpc) is 3.25. The summed E-state index contributed by atoms with van der Waals surface area (Å²) in [6, 6.07) is 10.5. The Morgan fingerprint density at radius 2 is 1.14 bits per heavy atom. The number of anilines is 4. The van der Waals surface area contributed by atoms with Gasteiger partial charge in [-0.1, -0.05) is 32.9 Å². The average molecular weight is 959 g/mol. The molecular weight excluding hydrogens is 903 g/mol. The van der Waals surface area contributed by atoms with Crippen molar-refractivity contribution in [2.75, 3.05) is 43.7 Å². The SMILES string of the molecule is Cc1ccc(Nc2ncnc(OC3CC4COCC(C3)N4)c2C)c(F)c1.Cc1ccc(Nc2ncnc(OC3CC4COCC(C3)N4C(=O)OCC(C)(C)C)c2C)c(F)c1.O=S=O.O=S=O. The molecule has 358 valence electrons. The van der Waals surface area contributed by atoms with Gasteiger partial charge in [-0.15, -0.1) is 0 Å². The highest BCUT2D eigenvalue weighted by molar-refractivity contribution is 7.51. The number of carbonyl (C=O) groups excluding carboxylic acids is 1. The topological polar surface area (TPSA) is 222 Å². The van der Waals surface area contributed by atoms with Gasteiger partial charge in [-0.25, -0.2) is 33.5 Å². The summed E-state index contributed by atoms with van der Waals surface area (Å²) in [7, 11) is 0. The molecule has 4 bridgehead atoms. The molecule has 0 radical (unpaired) electrons. The van der Waals surface area contributed by atoms with Gasteiger partial charge in [-0.2, -0.15) is 16.8 Å². The first-order chi connectivity index (χ1) is 31.5. The number of piperidine rings is 2. The Bertz CT molecular complexity index is 2320. The monoisotopic (exact) mass is 958 g/mol. The van der Waals surface area contributed by atoms with Crippen LogP contribution in [0.15, 0.2) is 49.1 Å². The summed E-state index contributed by atoms with van der Waals surface area (Å²) in [6.45, 7) is 16.2. The quantitative estimate of drug-likeness (QED) is 0.167. The van der Waals surface area contributed by atoms with Crippen LogP contribution in [0.5, 0.6) is 11.8 Å². The lowest BCUT2D eigenvalue weighted by Gasteiger charge is -2.47. The predicted molar refractivity (Wildman–Crippen MR) is 240 cm³/mol. The number of hydrogen-bond acceptors (Lipinski definition) is 17. The minimum Gasteiger partial charge on any atom is -0.474 e. The zero-order valence-electron chi connectivity index (χ0n) is 37.8. The van der Waals surface area contributed by atoms with E-state index in [1.165, 1.54) is 24.8 Å². The summed E-state index contributed by atoms with van der Waals surface area (Å²) in [5.74, 6) is 1.36. The maximum atomic E-state index is 14.3. The summed E-state index contributed by atoms with van der Waals surface area (Å²) in [6.07, 6.45) is 5.50. The molecule has 66 heavy (non-hydrogen) atoms. The molecule has 0 aliphatic carbocycles. The first-order valence-corrected chi connectivity index (χ1v) is 22.6. The van der Waals surface area contributed by atoms with Crippen LogP contribution in [0.1, 0.15) is 68.7 Å². The summed E-state index contributed by atoms with van der Waals surface area (Å²) < 4.78 is 90.9. The second kappa shape index (κ2) is 24.3. The van der Waals surface area contributed by atoms with Gasteiger partial charge < -0.3 is 39.6 Å². The molecule has 8 rings (SSSR count). The molecule has 1 amide bonds. The molecule has 2 aromatic heterocycles. The molecule has 22 heteroatoms. The molecule has 18 nitrogen and oxygen atoms in total. The predicted octanol–water partition coefficient (Wildman–Crippen LogP) is 6.30. The van der Waals surface area contributed by atoms with Crippen LogP contribution in [0.2, 0.25) is 0 Å². The van der Waals surface area contributed by atoms with Crippen molar-refractivity contribution < 1.29 is 54.1 Å². The number of aromatic nitrogens is 4. The lowest BCUT2D eigenvalue weighted by atomic mass is 9.92. The van der Waals surface area contributed by atoms with E-state index in [1.807, 2.05) is 65.5 Å². The van der Waals surface area contributed by atoms with Gasteiger partial charge in [-0.3, -0.25) is 4.90 Å². The largest absolute Gasteiger partial charge is 0.474 e. The Balaban J connectivity index is 0.000000227. The van der Waals surface area contributed by atoms with Gasteiger partial charge in [0.2, 0.25) is 11.8 Å². The minimum atomic E-state index is -0.750. The smallest absolute Gasteiger partial charge is 0.410 e. The third kappa shape index (κ3) is 14.7. The van der Waals surface area contributed by atoms with E-state index in [4.69, 9.17) is 40.5 Å². The molecule has 3 N–H and O–H groups in total. The van der Waals surface area contributed by atoms with Crippen LogP contribution in [0.3, 0.4) is 0 Å². The fraction of sp³-hybridized carbons (Fsp3) is 0.523. The number of ether oxygens (including phenoxy) is 5. The van der Waals surface area contributed by atoms with Crippen molar-refractivity contribution in [2.45, 2.75) is 111 Å². The highest BCUT2D eigenvalue weighted by atomic mass is 32.1. The lowest BCUT2D eigenvalue weighted by Crippen LogP contribution is -2.61. The van der Waals surface area contributed by atoms with Crippen LogP contribution in [0.4, 0.5) is 36.6 Å². The molecule has 4 aliphatic rings. The van der Waals surface area contributed by atoms with Crippen LogP contribution in [0, 0.1) is 44.7 Å². The maximum Gasteiger partial charge on any atom is 0.410 e. The van der Waals surface area contributed by atoms with Gasteiger partial charge in [0.15, 0.2) is 0 Å². The number of nitrogens with one attached hydrogen (secondary N) is 3. The third-order valence-electron chi connectivity index (χ3n) is 10.9. The van der Waals surface area contributed by atoms with Gasteiger partial charge in [0, 0.05) is 37.8 Å². The van der Waals surface area contributed by atoms with Gasteiger partial charge in [0.1, 0.15) is 48.1 Å². The molecule has 2 aromatic carbocycles. The zero-order chi connectivity index (χ0) is 48.0. The number of nitrogens with zero attached hydrogens (tertiary/aromatic N) is 5. The van der Waals surface area contributed by atoms with E-state index in [9.17, 15) is 13.6 Å². The summed E-state index contributed by atoms with van der Waals surface area (Å²) in [5, 5.41) is 9.63. The fourth-order valence-electron chi connectivity index (χ4n) is 7.87. The van der Waals surface area contributed by atoms with Crippen LogP contribution in [-0.4, -0.2) is 117 Å². The second-order valence-corrected chi connectivity index (χ2v) is 17.8. The number of halogens is 2. The van der Waals surface area contributed by atoms with E-state index in [0.717, 1.165) is 42.7 Å². The molecule has 4 saturated heterocycles. The van der Waals surface area contributed by atoms with Gasteiger partial charge in [0.25, 0.3) is 0 Å². The third-order valence-corrected chi connectivity index (χ3v) is 10.9. The van der Waals surface area contributed by atoms with Gasteiger partial charge >= 0.3 is 29.2 Å². The molecule has 4 atom stereocenters. The number of fused-ring (bicyclic) bond motifs is 4. The van der Waals surface area contributed by atoms with Crippen molar-refractivity contribution in [1.29, 1.82) is 0 Å². The first-order valence-electron chi connectivity index (χ1n) is 21.2. The lowest BCUT2D eigenvalue weighted by molar-refractivity contribution is -0.0928.